The Balaban J connectivity index is 3.12. The van der Waals surface area contributed by atoms with Gasteiger partial charge in [-0.05, 0) is 23.6 Å². The standard InChI is InChI=1S/C11H14O4S/c1-8(2)9-4-6-10(7-5-9)16(13,14)11(12)15-3/h4-8H,1-3H3. The van der Waals surface area contributed by atoms with Gasteiger partial charge in [-0.25, -0.2) is 13.2 Å². The van der Waals surface area contributed by atoms with Crippen LogP contribution in [-0.4, -0.2) is 20.8 Å². The first-order valence-electron chi connectivity index (χ1n) is 4.82. The van der Waals surface area contributed by atoms with Gasteiger partial charge in [0.05, 0.1) is 12.0 Å². The molecular formula is C11H14O4S. The summed E-state index contributed by atoms with van der Waals surface area (Å²) in [5, 5.41) is -1.23. The largest absolute Gasteiger partial charge is 0.457 e. The average molecular weight is 242 g/mol. The predicted octanol–water partition coefficient (Wildman–Crippen LogP) is 2.35. The zero-order chi connectivity index (χ0) is 12.3. The third-order valence-electron chi connectivity index (χ3n) is 2.24. The molecule has 0 spiro atoms. The highest BCUT2D eigenvalue weighted by molar-refractivity contribution is 8.05. The van der Waals surface area contributed by atoms with Crippen molar-refractivity contribution >= 4 is 15.1 Å². The van der Waals surface area contributed by atoms with E-state index in [0.29, 0.717) is 5.92 Å². The van der Waals surface area contributed by atoms with Gasteiger partial charge in [-0.1, -0.05) is 26.0 Å². The minimum Gasteiger partial charge on any atom is -0.457 e. The molecule has 0 N–H and O–H groups in total. The summed E-state index contributed by atoms with van der Waals surface area (Å²) in [7, 11) is -2.95. The molecule has 88 valence electrons. The fraction of sp³-hybridized carbons (Fsp3) is 0.364. The van der Waals surface area contributed by atoms with Crippen molar-refractivity contribution in [1.82, 2.24) is 0 Å². The Kier molecular flexibility index (Phi) is 3.70. The van der Waals surface area contributed by atoms with E-state index in [2.05, 4.69) is 4.74 Å². The Morgan fingerprint density at radius 2 is 1.69 bits per heavy atom. The minimum absolute atomic E-state index is 0.0382. The molecular weight excluding hydrogens is 228 g/mol. The number of carbonyl (C=O) groups is 1. The van der Waals surface area contributed by atoms with Crippen molar-refractivity contribution < 1.29 is 17.9 Å². The van der Waals surface area contributed by atoms with Crippen LogP contribution in [0.2, 0.25) is 0 Å². The van der Waals surface area contributed by atoms with Gasteiger partial charge in [-0.3, -0.25) is 0 Å². The third-order valence-corrected chi connectivity index (χ3v) is 3.74. The predicted molar refractivity (Wildman–Crippen MR) is 60.1 cm³/mol. The zero-order valence-corrected chi connectivity index (χ0v) is 10.2. The smallest absolute Gasteiger partial charge is 0.429 e. The lowest BCUT2D eigenvalue weighted by Crippen LogP contribution is -2.14. The molecule has 0 saturated heterocycles. The van der Waals surface area contributed by atoms with Gasteiger partial charge in [0.2, 0.25) is 0 Å². The molecule has 0 aliphatic carbocycles. The summed E-state index contributed by atoms with van der Waals surface area (Å²) in [4.78, 5) is 11.0. The van der Waals surface area contributed by atoms with E-state index in [1.54, 1.807) is 12.1 Å². The highest BCUT2D eigenvalue weighted by Crippen LogP contribution is 2.18. The van der Waals surface area contributed by atoms with E-state index < -0.39 is 15.1 Å². The van der Waals surface area contributed by atoms with E-state index in [4.69, 9.17) is 0 Å². The van der Waals surface area contributed by atoms with Crippen molar-refractivity contribution in [3.05, 3.63) is 29.8 Å². The molecule has 4 nitrogen and oxygen atoms in total. The number of rotatable bonds is 2. The summed E-state index contributed by atoms with van der Waals surface area (Å²) in [6.45, 7) is 4.01. The van der Waals surface area contributed by atoms with E-state index in [-0.39, 0.29) is 4.90 Å². The molecule has 0 amide bonds. The summed E-state index contributed by atoms with van der Waals surface area (Å²) >= 11 is 0. The molecule has 0 aliphatic rings. The van der Waals surface area contributed by atoms with Crippen molar-refractivity contribution in [2.45, 2.75) is 24.7 Å². The normalized spacial score (nSPS) is 11.5. The number of hydrogen-bond donors (Lipinski definition) is 0. The van der Waals surface area contributed by atoms with Crippen molar-refractivity contribution in [1.29, 1.82) is 0 Å². The van der Waals surface area contributed by atoms with Crippen molar-refractivity contribution in [3.63, 3.8) is 0 Å². The van der Waals surface area contributed by atoms with Gasteiger partial charge in [-0.15, -0.1) is 0 Å². The number of hydrogen-bond acceptors (Lipinski definition) is 4. The first kappa shape index (κ1) is 12.7. The molecule has 0 heterocycles. The highest BCUT2D eigenvalue weighted by Gasteiger charge is 2.25. The molecule has 0 aromatic heterocycles. The molecule has 5 heteroatoms. The molecule has 0 saturated carbocycles. The van der Waals surface area contributed by atoms with E-state index in [1.165, 1.54) is 12.1 Å². The van der Waals surface area contributed by atoms with Gasteiger partial charge >= 0.3 is 5.30 Å². The first-order chi connectivity index (χ1) is 7.39. The molecule has 0 atom stereocenters. The van der Waals surface area contributed by atoms with Crippen LogP contribution in [0.3, 0.4) is 0 Å². The molecule has 16 heavy (non-hydrogen) atoms. The van der Waals surface area contributed by atoms with E-state index in [1.807, 2.05) is 13.8 Å². The average Bonchev–Trinajstić information content (AvgIpc) is 2.28. The molecule has 0 radical (unpaired) electrons. The third kappa shape index (κ3) is 2.41. The van der Waals surface area contributed by atoms with Crippen LogP contribution in [-0.2, 0) is 14.6 Å². The summed E-state index contributed by atoms with van der Waals surface area (Å²) < 4.78 is 27.4. The van der Waals surface area contributed by atoms with Crippen LogP contribution < -0.4 is 0 Å². The van der Waals surface area contributed by atoms with Crippen LogP contribution in [0.5, 0.6) is 0 Å². The Morgan fingerprint density at radius 1 is 1.19 bits per heavy atom. The number of benzene rings is 1. The fourth-order valence-corrected chi connectivity index (χ4v) is 2.14. The van der Waals surface area contributed by atoms with Gasteiger partial charge in [-0.2, -0.15) is 0 Å². The maximum atomic E-state index is 11.6. The Bertz CT molecular complexity index is 471. The first-order valence-corrected chi connectivity index (χ1v) is 6.31. The number of sulfone groups is 1. The quantitative estimate of drug-likeness (QED) is 0.747. The van der Waals surface area contributed by atoms with Crippen molar-refractivity contribution in [2.24, 2.45) is 0 Å². The van der Waals surface area contributed by atoms with Crippen LogP contribution in [0, 0.1) is 0 Å². The second-order valence-corrected chi connectivity index (χ2v) is 5.49. The summed E-state index contributed by atoms with van der Waals surface area (Å²) in [5.74, 6) is 0.315. The summed E-state index contributed by atoms with van der Waals surface area (Å²) in [6, 6.07) is 6.23. The second-order valence-electron chi connectivity index (χ2n) is 3.68. The highest BCUT2D eigenvalue weighted by atomic mass is 32.2. The minimum atomic E-state index is -3.99. The van der Waals surface area contributed by atoms with Gasteiger partial charge in [0.15, 0.2) is 0 Å². The zero-order valence-electron chi connectivity index (χ0n) is 9.43. The monoisotopic (exact) mass is 242 g/mol. The molecule has 1 rings (SSSR count). The SMILES string of the molecule is COC(=O)S(=O)(=O)c1ccc(C(C)C)cc1. The molecule has 1 aromatic carbocycles. The van der Waals surface area contributed by atoms with Crippen molar-refractivity contribution in [2.75, 3.05) is 7.11 Å². The molecule has 0 bridgehead atoms. The summed E-state index contributed by atoms with van der Waals surface area (Å²) in [5.41, 5.74) is 1.02. The van der Waals surface area contributed by atoms with Gasteiger partial charge in [0, 0.05) is 0 Å². The summed E-state index contributed by atoms with van der Waals surface area (Å²) in [6.07, 6.45) is 0. The number of carbonyl (C=O) groups excluding carboxylic acids is 1. The lowest BCUT2D eigenvalue weighted by Gasteiger charge is -2.06. The molecule has 0 fully saturated rings. The molecule has 0 aliphatic heterocycles. The fourth-order valence-electron chi connectivity index (χ4n) is 1.24. The van der Waals surface area contributed by atoms with Gasteiger partial charge in [0.25, 0.3) is 9.84 Å². The topological polar surface area (TPSA) is 60.4 Å². The van der Waals surface area contributed by atoms with Crippen LogP contribution in [0.15, 0.2) is 29.2 Å². The molecule has 0 unspecified atom stereocenters. The Labute approximate surface area is 95.2 Å². The molecule has 1 aromatic rings. The Morgan fingerprint density at radius 3 is 2.06 bits per heavy atom. The lowest BCUT2D eigenvalue weighted by atomic mass is 10.0. The second kappa shape index (κ2) is 4.65. The van der Waals surface area contributed by atoms with Crippen molar-refractivity contribution in [3.8, 4) is 0 Å². The van der Waals surface area contributed by atoms with Crippen LogP contribution >= 0.6 is 0 Å². The van der Waals surface area contributed by atoms with E-state index in [9.17, 15) is 13.2 Å². The van der Waals surface area contributed by atoms with Crippen LogP contribution in [0.25, 0.3) is 0 Å². The lowest BCUT2D eigenvalue weighted by molar-refractivity contribution is 0.197. The Hall–Kier alpha value is -1.36. The van der Waals surface area contributed by atoms with Crippen LogP contribution in [0.4, 0.5) is 4.79 Å². The maximum absolute atomic E-state index is 11.6. The number of methoxy groups -OCH3 is 1. The number of ether oxygens (including phenoxy) is 1. The van der Waals surface area contributed by atoms with Gasteiger partial charge < -0.3 is 4.74 Å². The van der Waals surface area contributed by atoms with Gasteiger partial charge in [0.1, 0.15) is 0 Å². The maximum Gasteiger partial charge on any atom is 0.429 e. The van der Waals surface area contributed by atoms with E-state index in [0.717, 1.165) is 12.7 Å². The van der Waals surface area contributed by atoms with E-state index >= 15 is 0 Å². The van der Waals surface area contributed by atoms with Crippen LogP contribution in [0.1, 0.15) is 25.3 Å².